The van der Waals surface area contributed by atoms with E-state index in [1.54, 1.807) is 31.3 Å². The van der Waals surface area contributed by atoms with Gasteiger partial charge in [0.05, 0.1) is 5.69 Å². The number of anilines is 1. The molecule has 0 saturated carbocycles. The fraction of sp³-hybridized carbons (Fsp3) is 0.167. The Morgan fingerprint density at radius 3 is 2.78 bits per heavy atom. The van der Waals surface area contributed by atoms with Crippen LogP contribution in [0.5, 0.6) is 11.6 Å². The van der Waals surface area contributed by atoms with Gasteiger partial charge in [0.15, 0.2) is 5.75 Å². The van der Waals surface area contributed by atoms with Crippen molar-refractivity contribution in [2.75, 3.05) is 12.8 Å². The highest BCUT2D eigenvalue weighted by atomic mass is 16.5. The van der Waals surface area contributed by atoms with Gasteiger partial charge in [0.1, 0.15) is 0 Å². The fourth-order valence-electron chi connectivity index (χ4n) is 1.48. The first-order chi connectivity index (χ1) is 8.60. The van der Waals surface area contributed by atoms with Crippen LogP contribution in [0.15, 0.2) is 24.3 Å². The van der Waals surface area contributed by atoms with E-state index in [9.17, 15) is 4.79 Å². The molecule has 1 aromatic heterocycles. The van der Waals surface area contributed by atoms with Gasteiger partial charge in [-0.05, 0) is 25.1 Å². The molecule has 0 aliphatic heterocycles. The molecule has 1 aromatic carbocycles. The number of carbonyl (C=O) groups is 1. The van der Waals surface area contributed by atoms with Gasteiger partial charge in [-0.2, -0.15) is 0 Å². The molecule has 18 heavy (non-hydrogen) atoms. The van der Waals surface area contributed by atoms with E-state index in [0.717, 1.165) is 5.69 Å². The Hall–Kier alpha value is -2.50. The van der Waals surface area contributed by atoms with Crippen molar-refractivity contribution in [3.63, 3.8) is 0 Å². The number of nitrogens with zero attached hydrogens (tertiary/aromatic N) is 1. The van der Waals surface area contributed by atoms with Crippen molar-refractivity contribution in [2.45, 2.75) is 6.92 Å². The van der Waals surface area contributed by atoms with Gasteiger partial charge in [-0.1, -0.05) is 0 Å². The number of aryl methyl sites for hydroxylation is 1. The average Bonchev–Trinajstić information content (AvgIpc) is 2.76. The molecule has 1 amide bonds. The van der Waals surface area contributed by atoms with Crippen LogP contribution < -0.4 is 15.8 Å². The highest BCUT2D eigenvalue weighted by Gasteiger charge is 2.09. The second-order valence-electron chi connectivity index (χ2n) is 3.82. The maximum Gasteiger partial charge on any atom is 0.251 e. The molecule has 0 unspecified atom stereocenters. The van der Waals surface area contributed by atoms with Gasteiger partial charge in [-0.15, -0.1) is 5.10 Å². The zero-order valence-corrected chi connectivity index (χ0v) is 10.2. The molecule has 0 aliphatic rings. The molecule has 2 rings (SSSR count). The number of nitrogens with one attached hydrogen (secondary N) is 2. The highest BCUT2D eigenvalue weighted by Crippen LogP contribution is 2.27. The number of nitrogen functional groups attached to an aromatic ring is 1. The molecule has 0 spiro atoms. The predicted molar refractivity (Wildman–Crippen MR) is 67.6 cm³/mol. The number of H-pyrrole nitrogens is 1. The van der Waals surface area contributed by atoms with Crippen molar-refractivity contribution in [1.82, 2.24) is 15.5 Å². The largest absolute Gasteiger partial charge is 0.435 e. The molecule has 1 heterocycles. The third-order valence-electron chi connectivity index (χ3n) is 2.40. The SMILES string of the molecule is CNC(=O)c1ccc(Oc2cc(C)[nH]n2)c(N)c1. The zero-order chi connectivity index (χ0) is 13.1. The normalized spacial score (nSPS) is 10.1. The highest BCUT2D eigenvalue weighted by molar-refractivity contribution is 5.95. The van der Waals surface area contributed by atoms with Gasteiger partial charge < -0.3 is 15.8 Å². The molecule has 4 N–H and O–H groups in total. The lowest BCUT2D eigenvalue weighted by molar-refractivity contribution is 0.0963. The summed E-state index contributed by atoms with van der Waals surface area (Å²) in [5.41, 5.74) is 7.59. The molecular weight excluding hydrogens is 232 g/mol. The van der Waals surface area contributed by atoms with Gasteiger partial charge in [-0.3, -0.25) is 9.89 Å². The molecule has 0 radical (unpaired) electrons. The van der Waals surface area contributed by atoms with Crippen LogP contribution in [0, 0.1) is 6.92 Å². The van der Waals surface area contributed by atoms with Crippen molar-refractivity contribution >= 4 is 11.6 Å². The van der Waals surface area contributed by atoms with Gasteiger partial charge in [0, 0.05) is 24.4 Å². The summed E-state index contributed by atoms with van der Waals surface area (Å²) in [7, 11) is 1.56. The van der Waals surface area contributed by atoms with Gasteiger partial charge in [0.25, 0.3) is 5.91 Å². The molecule has 6 nitrogen and oxygen atoms in total. The minimum atomic E-state index is -0.191. The summed E-state index contributed by atoms with van der Waals surface area (Å²) in [5.74, 6) is 0.713. The van der Waals surface area contributed by atoms with E-state index < -0.39 is 0 Å². The van der Waals surface area contributed by atoms with Crippen molar-refractivity contribution in [1.29, 1.82) is 0 Å². The first-order valence-electron chi connectivity index (χ1n) is 5.41. The number of rotatable bonds is 3. The minimum absolute atomic E-state index is 0.191. The molecule has 0 aliphatic carbocycles. The third kappa shape index (κ3) is 2.42. The molecule has 6 heteroatoms. The lowest BCUT2D eigenvalue weighted by Gasteiger charge is -2.07. The first-order valence-corrected chi connectivity index (χ1v) is 5.41. The monoisotopic (exact) mass is 246 g/mol. The Balaban J connectivity index is 2.22. The molecule has 2 aromatic rings. The maximum atomic E-state index is 11.4. The molecule has 0 bridgehead atoms. The number of ether oxygens (including phenoxy) is 1. The number of hydrogen-bond acceptors (Lipinski definition) is 4. The lowest BCUT2D eigenvalue weighted by atomic mass is 10.2. The Bertz CT molecular complexity index is 577. The number of amides is 1. The Morgan fingerprint density at radius 1 is 1.44 bits per heavy atom. The summed E-state index contributed by atoms with van der Waals surface area (Å²) < 4.78 is 5.50. The molecular formula is C12H14N4O2. The van der Waals surface area contributed by atoms with Gasteiger partial charge in [-0.25, -0.2) is 0 Å². The smallest absolute Gasteiger partial charge is 0.251 e. The van der Waals surface area contributed by atoms with E-state index in [1.165, 1.54) is 0 Å². The zero-order valence-electron chi connectivity index (χ0n) is 10.2. The summed E-state index contributed by atoms with van der Waals surface area (Å²) in [6, 6.07) is 6.60. The fourth-order valence-corrected chi connectivity index (χ4v) is 1.48. The maximum absolute atomic E-state index is 11.4. The van der Waals surface area contributed by atoms with Crippen LogP contribution >= 0.6 is 0 Å². The van der Waals surface area contributed by atoms with Gasteiger partial charge >= 0.3 is 0 Å². The van der Waals surface area contributed by atoms with Crippen LogP contribution in [-0.2, 0) is 0 Å². The second-order valence-corrected chi connectivity index (χ2v) is 3.82. The standard InChI is InChI=1S/C12H14N4O2/c1-7-5-11(16-15-7)18-10-4-3-8(6-9(10)13)12(17)14-2/h3-6H,13H2,1-2H3,(H,14,17)(H,15,16). The van der Waals surface area contributed by atoms with Crippen molar-refractivity contribution in [2.24, 2.45) is 0 Å². The summed E-state index contributed by atoms with van der Waals surface area (Å²) in [6.07, 6.45) is 0. The van der Waals surface area contributed by atoms with Gasteiger partial charge in [0.2, 0.25) is 5.88 Å². The minimum Gasteiger partial charge on any atom is -0.435 e. The predicted octanol–water partition coefficient (Wildman–Crippen LogP) is 1.45. The number of aromatic amines is 1. The number of carbonyl (C=O) groups excluding carboxylic acids is 1. The summed E-state index contributed by atoms with van der Waals surface area (Å²) in [4.78, 5) is 11.4. The third-order valence-corrected chi connectivity index (χ3v) is 2.40. The van der Waals surface area contributed by atoms with Crippen LogP contribution in [0.4, 0.5) is 5.69 Å². The van der Waals surface area contributed by atoms with E-state index >= 15 is 0 Å². The summed E-state index contributed by atoms with van der Waals surface area (Å²) in [5, 5.41) is 9.24. The molecule has 0 atom stereocenters. The summed E-state index contributed by atoms with van der Waals surface area (Å²) >= 11 is 0. The van der Waals surface area contributed by atoms with Crippen LogP contribution in [0.1, 0.15) is 16.1 Å². The Morgan fingerprint density at radius 2 is 2.22 bits per heavy atom. The number of nitrogens with two attached hydrogens (primary N) is 1. The molecule has 0 saturated heterocycles. The quantitative estimate of drug-likeness (QED) is 0.714. The number of benzene rings is 1. The van der Waals surface area contributed by atoms with Crippen LogP contribution in [-0.4, -0.2) is 23.2 Å². The van der Waals surface area contributed by atoms with Crippen LogP contribution in [0.25, 0.3) is 0 Å². The lowest BCUT2D eigenvalue weighted by Crippen LogP contribution is -2.17. The van der Waals surface area contributed by atoms with Crippen molar-refractivity contribution in [3.05, 3.63) is 35.5 Å². The van der Waals surface area contributed by atoms with Crippen LogP contribution in [0.3, 0.4) is 0 Å². The Kier molecular flexibility index (Phi) is 3.18. The van der Waals surface area contributed by atoms with Crippen LogP contribution in [0.2, 0.25) is 0 Å². The Labute approximate surface area is 104 Å². The first kappa shape index (κ1) is 12.0. The van der Waals surface area contributed by atoms with E-state index in [2.05, 4.69) is 15.5 Å². The molecule has 94 valence electrons. The van der Waals surface area contributed by atoms with E-state index in [-0.39, 0.29) is 5.91 Å². The van der Waals surface area contributed by atoms with E-state index in [0.29, 0.717) is 22.9 Å². The number of aromatic nitrogens is 2. The van der Waals surface area contributed by atoms with Crippen molar-refractivity contribution < 1.29 is 9.53 Å². The number of hydrogen-bond donors (Lipinski definition) is 3. The summed E-state index contributed by atoms with van der Waals surface area (Å²) in [6.45, 7) is 1.87. The topological polar surface area (TPSA) is 93.0 Å². The van der Waals surface area contributed by atoms with E-state index in [1.807, 2.05) is 6.92 Å². The van der Waals surface area contributed by atoms with E-state index in [4.69, 9.17) is 10.5 Å². The second kappa shape index (κ2) is 4.79. The average molecular weight is 246 g/mol. The van der Waals surface area contributed by atoms with Crippen molar-refractivity contribution in [3.8, 4) is 11.6 Å². The molecule has 0 fully saturated rings.